The fourth-order valence-corrected chi connectivity index (χ4v) is 3.85. The van der Waals surface area contributed by atoms with Gasteiger partial charge in [-0.3, -0.25) is 4.79 Å². The Hall–Kier alpha value is -3.23. The maximum atomic E-state index is 13.2. The van der Waals surface area contributed by atoms with Crippen molar-refractivity contribution >= 4 is 46.6 Å². The molecule has 3 rings (SSSR count). The maximum Gasteiger partial charge on any atom is 0.322 e. The van der Waals surface area contributed by atoms with Gasteiger partial charge in [-0.05, 0) is 48.4 Å². The highest BCUT2D eigenvalue weighted by atomic mass is 35.5. The SMILES string of the molecule is COc1ccc(-n2nc(C(C)(C)C)cc2NC(=O)CN(CC(C)C)C(=O)Nc2ccc(Cl)c(Cl)c2)cc1. The van der Waals surface area contributed by atoms with Crippen LogP contribution in [0, 0.1) is 5.92 Å². The third-order valence-corrected chi connectivity index (χ3v) is 6.18. The van der Waals surface area contributed by atoms with E-state index in [2.05, 4.69) is 31.4 Å². The van der Waals surface area contributed by atoms with Crippen LogP contribution in [-0.2, 0) is 10.2 Å². The fraction of sp³-hybridized carbons (Fsp3) is 0.370. The molecule has 2 aromatic carbocycles. The molecule has 0 saturated carbocycles. The van der Waals surface area contributed by atoms with Gasteiger partial charge >= 0.3 is 6.03 Å². The van der Waals surface area contributed by atoms with Crippen molar-refractivity contribution in [3.05, 3.63) is 64.3 Å². The van der Waals surface area contributed by atoms with Crippen molar-refractivity contribution in [3.8, 4) is 11.4 Å². The van der Waals surface area contributed by atoms with Gasteiger partial charge in [0.15, 0.2) is 0 Å². The van der Waals surface area contributed by atoms with E-state index in [1.807, 2.05) is 44.2 Å². The van der Waals surface area contributed by atoms with Crippen LogP contribution < -0.4 is 15.4 Å². The molecule has 0 radical (unpaired) electrons. The summed E-state index contributed by atoms with van der Waals surface area (Å²) in [5.74, 6) is 1.02. The fourth-order valence-electron chi connectivity index (χ4n) is 3.55. The third-order valence-electron chi connectivity index (χ3n) is 5.44. The van der Waals surface area contributed by atoms with Crippen LogP contribution in [0.4, 0.5) is 16.3 Å². The number of hydrogen-bond donors (Lipinski definition) is 2. The number of aromatic nitrogens is 2. The Bertz CT molecular complexity index is 1250. The van der Waals surface area contributed by atoms with Gasteiger partial charge in [-0.2, -0.15) is 5.10 Å². The molecule has 0 atom stereocenters. The molecule has 0 aliphatic rings. The van der Waals surface area contributed by atoms with Crippen molar-refractivity contribution in [2.75, 3.05) is 30.8 Å². The van der Waals surface area contributed by atoms with Crippen LogP contribution in [0.25, 0.3) is 5.69 Å². The number of amides is 3. The van der Waals surface area contributed by atoms with Crippen molar-refractivity contribution < 1.29 is 14.3 Å². The standard InChI is InChI=1S/C27H33Cl2N5O3/c1-17(2)15-33(26(36)30-18-7-12-21(28)22(29)13-18)16-25(35)31-24-14-23(27(3,4)5)32-34(24)19-8-10-20(37-6)11-9-19/h7-14,17H,15-16H2,1-6H3,(H,30,36)(H,31,35). The molecular formula is C27H33Cl2N5O3. The average Bonchev–Trinajstić information content (AvgIpc) is 3.25. The van der Waals surface area contributed by atoms with E-state index >= 15 is 0 Å². The molecule has 0 unspecified atom stereocenters. The lowest BCUT2D eigenvalue weighted by Crippen LogP contribution is -2.42. The summed E-state index contributed by atoms with van der Waals surface area (Å²) in [7, 11) is 1.60. The van der Waals surface area contributed by atoms with Crippen LogP contribution in [0.2, 0.25) is 10.0 Å². The average molecular weight is 546 g/mol. The van der Waals surface area contributed by atoms with Gasteiger partial charge in [-0.1, -0.05) is 57.8 Å². The summed E-state index contributed by atoms with van der Waals surface area (Å²) < 4.78 is 6.94. The van der Waals surface area contributed by atoms with Crippen LogP contribution in [0.5, 0.6) is 5.75 Å². The number of halogens is 2. The number of hydrogen-bond acceptors (Lipinski definition) is 4. The minimum Gasteiger partial charge on any atom is -0.497 e. The zero-order chi connectivity index (χ0) is 27.3. The van der Waals surface area contributed by atoms with Gasteiger partial charge in [0.1, 0.15) is 18.1 Å². The molecule has 37 heavy (non-hydrogen) atoms. The van der Waals surface area contributed by atoms with Gasteiger partial charge in [0.25, 0.3) is 0 Å². The van der Waals surface area contributed by atoms with Crippen LogP contribution in [0.3, 0.4) is 0 Å². The van der Waals surface area contributed by atoms with Crippen LogP contribution in [0.15, 0.2) is 48.5 Å². The number of benzene rings is 2. The minimum atomic E-state index is -0.415. The first-order valence-electron chi connectivity index (χ1n) is 11.9. The molecule has 0 fully saturated rings. The highest BCUT2D eigenvalue weighted by Crippen LogP contribution is 2.28. The zero-order valence-electron chi connectivity index (χ0n) is 21.9. The summed E-state index contributed by atoms with van der Waals surface area (Å²) in [6.45, 7) is 10.3. The molecule has 0 spiro atoms. The summed E-state index contributed by atoms with van der Waals surface area (Å²) in [5, 5.41) is 11.2. The number of nitrogens with one attached hydrogen (secondary N) is 2. The molecule has 1 aromatic heterocycles. The van der Waals surface area contributed by atoms with Gasteiger partial charge in [0.2, 0.25) is 5.91 Å². The van der Waals surface area contributed by atoms with E-state index in [9.17, 15) is 9.59 Å². The summed E-state index contributed by atoms with van der Waals surface area (Å²) in [6, 6.07) is 13.7. The monoisotopic (exact) mass is 545 g/mol. The Morgan fingerprint density at radius 1 is 1.03 bits per heavy atom. The molecule has 0 bridgehead atoms. The molecule has 1 heterocycles. The molecule has 8 nitrogen and oxygen atoms in total. The van der Waals surface area contributed by atoms with E-state index < -0.39 is 6.03 Å². The molecule has 198 valence electrons. The number of rotatable bonds is 8. The zero-order valence-corrected chi connectivity index (χ0v) is 23.4. The number of nitrogens with zero attached hydrogens (tertiary/aromatic N) is 3. The molecule has 0 aliphatic heterocycles. The number of carbonyl (C=O) groups is 2. The van der Waals surface area contributed by atoms with Crippen molar-refractivity contribution in [3.63, 3.8) is 0 Å². The summed E-state index contributed by atoms with van der Waals surface area (Å²) in [5.41, 5.74) is 1.83. The number of methoxy groups -OCH3 is 1. The Kier molecular flexibility index (Phi) is 9.10. The molecular weight excluding hydrogens is 513 g/mol. The number of anilines is 2. The van der Waals surface area contributed by atoms with Gasteiger partial charge in [0, 0.05) is 23.7 Å². The van der Waals surface area contributed by atoms with Crippen molar-refractivity contribution in [1.82, 2.24) is 14.7 Å². The van der Waals surface area contributed by atoms with E-state index in [0.29, 0.717) is 28.1 Å². The van der Waals surface area contributed by atoms with Crippen LogP contribution in [-0.4, -0.2) is 46.8 Å². The first-order valence-corrected chi connectivity index (χ1v) is 12.7. The second kappa shape index (κ2) is 11.9. The van der Waals surface area contributed by atoms with E-state index in [0.717, 1.165) is 17.1 Å². The number of carbonyl (C=O) groups excluding carboxylic acids is 2. The second-order valence-electron chi connectivity index (χ2n) is 10.2. The van der Waals surface area contributed by atoms with E-state index in [1.54, 1.807) is 30.0 Å². The summed E-state index contributed by atoms with van der Waals surface area (Å²) >= 11 is 12.1. The normalized spacial score (nSPS) is 11.4. The van der Waals surface area contributed by atoms with Gasteiger partial charge in [-0.15, -0.1) is 0 Å². The summed E-state index contributed by atoms with van der Waals surface area (Å²) in [6.07, 6.45) is 0. The molecule has 3 aromatic rings. The first-order chi connectivity index (χ1) is 17.4. The molecule has 10 heteroatoms. The number of urea groups is 1. The molecule has 3 amide bonds. The Balaban J connectivity index is 1.82. The highest BCUT2D eigenvalue weighted by molar-refractivity contribution is 6.42. The van der Waals surface area contributed by atoms with Gasteiger partial charge in [0.05, 0.1) is 28.5 Å². The predicted octanol–water partition coefficient (Wildman–Crippen LogP) is 6.61. The molecule has 0 aliphatic carbocycles. The van der Waals surface area contributed by atoms with Crippen LogP contribution in [0.1, 0.15) is 40.3 Å². The molecule has 0 saturated heterocycles. The maximum absolute atomic E-state index is 13.2. The van der Waals surface area contributed by atoms with Crippen molar-refractivity contribution in [2.24, 2.45) is 5.92 Å². The summed E-state index contributed by atoms with van der Waals surface area (Å²) in [4.78, 5) is 27.7. The lowest BCUT2D eigenvalue weighted by atomic mass is 9.92. The highest BCUT2D eigenvalue weighted by Gasteiger charge is 2.24. The van der Waals surface area contributed by atoms with Gasteiger partial charge in [-0.25, -0.2) is 9.48 Å². The van der Waals surface area contributed by atoms with E-state index in [4.69, 9.17) is 33.0 Å². The first kappa shape index (κ1) is 28.3. The molecule has 2 N–H and O–H groups in total. The van der Waals surface area contributed by atoms with E-state index in [-0.39, 0.29) is 23.8 Å². The predicted molar refractivity (Wildman–Crippen MR) is 149 cm³/mol. The lowest BCUT2D eigenvalue weighted by molar-refractivity contribution is -0.116. The Labute approximate surface area is 227 Å². The van der Waals surface area contributed by atoms with Crippen molar-refractivity contribution in [2.45, 2.75) is 40.0 Å². The largest absolute Gasteiger partial charge is 0.497 e. The number of ether oxygens (including phenoxy) is 1. The van der Waals surface area contributed by atoms with E-state index in [1.165, 1.54) is 4.90 Å². The van der Waals surface area contributed by atoms with Crippen molar-refractivity contribution in [1.29, 1.82) is 0 Å². The Morgan fingerprint density at radius 2 is 1.70 bits per heavy atom. The third kappa shape index (κ3) is 7.63. The quantitative estimate of drug-likeness (QED) is 0.333. The van der Waals surface area contributed by atoms with Crippen LogP contribution >= 0.6 is 23.2 Å². The Morgan fingerprint density at radius 3 is 2.27 bits per heavy atom. The minimum absolute atomic E-state index is 0.143. The topological polar surface area (TPSA) is 88.5 Å². The smallest absolute Gasteiger partial charge is 0.322 e. The van der Waals surface area contributed by atoms with Gasteiger partial charge < -0.3 is 20.3 Å². The lowest BCUT2D eigenvalue weighted by Gasteiger charge is -2.24. The second-order valence-corrected chi connectivity index (χ2v) is 11.0.